The van der Waals surface area contributed by atoms with Crippen molar-refractivity contribution >= 4 is 45.1 Å². The zero-order valence-corrected chi connectivity index (χ0v) is 36.9. The molecule has 5 aromatic rings. The van der Waals surface area contributed by atoms with Gasteiger partial charge in [0.15, 0.2) is 11.6 Å². The first-order valence-electron chi connectivity index (χ1n) is 22.4. The first-order chi connectivity index (χ1) is 30.5. The predicted molar refractivity (Wildman–Crippen MR) is 241 cm³/mol. The molecule has 63 heavy (non-hydrogen) atoms. The van der Waals surface area contributed by atoms with Crippen LogP contribution in [0.4, 0.5) is 11.8 Å². The number of phenolic OH excluding ortho intramolecular Hbond substituents is 2. The van der Waals surface area contributed by atoms with Crippen molar-refractivity contribution in [2.45, 2.75) is 71.6 Å². The van der Waals surface area contributed by atoms with E-state index in [1.165, 1.54) is 16.5 Å². The highest BCUT2D eigenvalue weighted by Gasteiger charge is 2.48. The molecule has 0 bridgehead atoms. The van der Waals surface area contributed by atoms with Gasteiger partial charge in [0.2, 0.25) is 11.9 Å². The van der Waals surface area contributed by atoms with Gasteiger partial charge in [0, 0.05) is 87.0 Å². The Hall–Kier alpha value is -5.42. The second-order valence-electron chi connectivity index (χ2n) is 18.6. The molecule has 2 amide bonds. The Morgan fingerprint density at radius 2 is 1.57 bits per heavy atom. The number of nitrogens with two attached hydrogens (primary N) is 1. The summed E-state index contributed by atoms with van der Waals surface area (Å²) in [5, 5.41) is 20.8. The van der Waals surface area contributed by atoms with E-state index >= 15 is 0 Å². The van der Waals surface area contributed by atoms with Gasteiger partial charge in [0.1, 0.15) is 11.5 Å². The molecule has 4 fully saturated rings. The van der Waals surface area contributed by atoms with Crippen molar-refractivity contribution in [3.05, 3.63) is 81.5 Å². The van der Waals surface area contributed by atoms with Crippen molar-refractivity contribution in [1.82, 2.24) is 39.5 Å². The highest BCUT2D eigenvalue weighted by molar-refractivity contribution is 7.19. The number of aromatic hydroxyl groups is 2. The van der Waals surface area contributed by atoms with Gasteiger partial charge >= 0.3 is 0 Å². The molecule has 4 N–H and O–H groups in total. The minimum absolute atomic E-state index is 0.00588. The number of morpholine rings is 1. The van der Waals surface area contributed by atoms with Gasteiger partial charge < -0.3 is 35.4 Å². The number of hydrogen-bond acceptors (Lipinski definition) is 14. The summed E-state index contributed by atoms with van der Waals surface area (Å²) in [5.41, 5.74) is 12.0. The predicted octanol–water partition coefficient (Wildman–Crippen LogP) is 5.59. The minimum atomic E-state index is -0.230. The summed E-state index contributed by atoms with van der Waals surface area (Å²) in [6, 6.07) is 11.6. The average Bonchev–Trinajstić information content (AvgIpc) is 3.90. The number of carbonyl (C=O) groups is 2. The van der Waals surface area contributed by atoms with Crippen molar-refractivity contribution in [3.63, 3.8) is 0 Å². The third-order valence-corrected chi connectivity index (χ3v) is 15.0. The molecule has 0 unspecified atom stereocenters. The molecule has 15 nitrogen and oxygen atoms in total. The number of nitrogens with zero attached hydrogens (tertiary/aromatic N) is 9. The van der Waals surface area contributed by atoms with Crippen LogP contribution in [0, 0.1) is 11.3 Å². The zero-order valence-electron chi connectivity index (χ0n) is 36.1. The highest BCUT2D eigenvalue weighted by Crippen LogP contribution is 2.43. The molecular formula is C47H56N10O5S. The van der Waals surface area contributed by atoms with E-state index in [4.69, 9.17) is 20.4 Å². The second kappa shape index (κ2) is 16.9. The summed E-state index contributed by atoms with van der Waals surface area (Å²) in [6.07, 6.45) is 7.30. The molecule has 0 aliphatic carbocycles. The number of benzene rings is 2. The summed E-state index contributed by atoms with van der Waals surface area (Å²) in [4.78, 5) is 58.0. The van der Waals surface area contributed by atoms with E-state index in [2.05, 4.69) is 53.8 Å². The number of ether oxygens (including phenoxy) is 1. The molecule has 16 heteroatoms. The number of phenols is 2. The fourth-order valence-electron chi connectivity index (χ4n) is 10.2. The number of carbonyl (C=O) groups excluding carboxylic acids is 2. The van der Waals surface area contributed by atoms with Gasteiger partial charge in [0.25, 0.3) is 5.91 Å². The first kappa shape index (κ1) is 41.6. The van der Waals surface area contributed by atoms with Gasteiger partial charge in [-0.2, -0.15) is 0 Å². The van der Waals surface area contributed by atoms with Crippen LogP contribution in [0.15, 0.2) is 48.8 Å². The van der Waals surface area contributed by atoms with E-state index in [-0.39, 0.29) is 46.2 Å². The second-order valence-corrected chi connectivity index (χ2v) is 19.7. The van der Waals surface area contributed by atoms with Crippen molar-refractivity contribution in [2.24, 2.45) is 11.3 Å². The van der Waals surface area contributed by atoms with E-state index in [1.807, 2.05) is 13.8 Å². The lowest BCUT2D eigenvalue weighted by atomic mass is 9.71. The number of aromatic nitrogens is 4. The van der Waals surface area contributed by atoms with Crippen LogP contribution in [0.2, 0.25) is 0 Å². The Morgan fingerprint density at radius 1 is 0.857 bits per heavy atom. The quantitative estimate of drug-likeness (QED) is 0.167. The van der Waals surface area contributed by atoms with Crippen molar-refractivity contribution in [3.8, 4) is 22.9 Å². The maximum atomic E-state index is 13.8. The van der Waals surface area contributed by atoms with Crippen LogP contribution in [-0.4, -0.2) is 127 Å². The number of fused-ring (bicyclic) bond motifs is 2. The van der Waals surface area contributed by atoms with E-state index in [1.54, 1.807) is 34.7 Å². The summed E-state index contributed by atoms with van der Waals surface area (Å²) in [5.74, 6) is 1.75. The van der Waals surface area contributed by atoms with E-state index in [0.29, 0.717) is 43.6 Å². The molecule has 330 valence electrons. The number of likely N-dealkylation sites (tertiary alicyclic amines) is 3. The standard InChI is InChI=1S/C47H56N10O5S/c1-29(2)36-19-37(40(59)20-39(36)58)45(61)56-24-32-4-3-30(17-33(32)25-56)23-54-11-7-47(8-12-54)27-57(28-47)44(60)31-5-9-53(10-6-31)26-35-18-38-41(63-35)43(55-13-15-62-16-14-55)52-42(51-38)34-21-49-46(48)50-22-34/h3-4,17-22,29,31,58-59H,5-16,23-28H2,1-2H3,(H2,48,49,50). The number of hydrogen-bond donors (Lipinski definition) is 3. The molecule has 10 rings (SSSR count). The zero-order chi connectivity index (χ0) is 43.4. The number of amides is 2. The third kappa shape index (κ3) is 8.41. The normalized spacial score (nSPS) is 19.6. The minimum Gasteiger partial charge on any atom is -0.508 e. The Bertz CT molecular complexity index is 2520. The third-order valence-electron chi connectivity index (χ3n) is 13.9. The van der Waals surface area contributed by atoms with Crippen LogP contribution in [0.3, 0.4) is 0 Å². The van der Waals surface area contributed by atoms with Crippen LogP contribution in [0.25, 0.3) is 21.6 Å². The van der Waals surface area contributed by atoms with Crippen molar-refractivity contribution in [2.75, 3.05) is 76.2 Å². The Morgan fingerprint density at radius 3 is 2.30 bits per heavy atom. The van der Waals surface area contributed by atoms with Crippen LogP contribution in [-0.2, 0) is 35.7 Å². The van der Waals surface area contributed by atoms with Gasteiger partial charge in [-0.05, 0) is 92.2 Å². The molecule has 2 aromatic carbocycles. The largest absolute Gasteiger partial charge is 0.508 e. The van der Waals surface area contributed by atoms with Crippen LogP contribution in [0.1, 0.15) is 82.9 Å². The Labute approximate surface area is 371 Å². The molecular weight excluding hydrogens is 817 g/mol. The molecule has 1 spiro atoms. The number of thiophene rings is 1. The monoisotopic (exact) mass is 872 g/mol. The SMILES string of the molecule is CC(C)c1cc(C(=O)N2Cc3ccc(CN4CCC5(CC4)CN(C(=O)C4CCN(Cc6cc7nc(-c8cnc(N)nc8)nc(N8CCOCC8)c7s6)CC4)C5)cc3C2)c(O)cc1O. The summed E-state index contributed by atoms with van der Waals surface area (Å²) in [7, 11) is 0. The molecule has 8 heterocycles. The van der Waals surface area contributed by atoms with Crippen LogP contribution < -0.4 is 10.6 Å². The smallest absolute Gasteiger partial charge is 0.258 e. The molecule has 5 aliphatic rings. The van der Waals surface area contributed by atoms with Gasteiger partial charge in [-0.3, -0.25) is 19.4 Å². The summed E-state index contributed by atoms with van der Waals surface area (Å²) in [6.45, 7) is 15.0. The number of piperidine rings is 2. The molecule has 3 aromatic heterocycles. The maximum Gasteiger partial charge on any atom is 0.258 e. The lowest BCUT2D eigenvalue weighted by Crippen LogP contribution is -2.63. The van der Waals surface area contributed by atoms with Gasteiger partial charge in [-0.1, -0.05) is 32.0 Å². The van der Waals surface area contributed by atoms with E-state index in [0.717, 1.165) is 124 Å². The van der Waals surface area contributed by atoms with Crippen molar-refractivity contribution < 1.29 is 24.5 Å². The fraction of sp³-hybridized carbons (Fsp3) is 0.489. The van der Waals surface area contributed by atoms with Gasteiger partial charge in [0.05, 0.1) is 34.6 Å². The lowest BCUT2D eigenvalue weighted by Gasteiger charge is -2.55. The summed E-state index contributed by atoms with van der Waals surface area (Å²) < 4.78 is 6.72. The van der Waals surface area contributed by atoms with Gasteiger partial charge in [-0.15, -0.1) is 11.3 Å². The van der Waals surface area contributed by atoms with Gasteiger partial charge in [-0.25, -0.2) is 19.9 Å². The number of nitrogen functional groups attached to an aromatic ring is 1. The lowest BCUT2D eigenvalue weighted by molar-refractivity contribution is -0.153. The highest BCUT2D eigenvalue weighted by atomic mass is 32.1. The number of anilines is 2. The first-order valence-corrected chi connectivity index (χ1v) is 23.2. The Kier molecular flexibility index (Phi) is 11.2. The van der Waals surface area contributed by atoms with Crippen LogP contribution >= 0.6 is 11.3 Å². The topological polar surface area (TPSA) is 178 Å². The fourth-order valence-corrected chi connectivity index (χ4v) is 11.4. The average molecular weight is 873 g/mol. The molecule has 5 aliphatic heterocycles. The number of rotatable bonds is 9. The Balaban J connectivity index is 0.694. The van der Waals surface area contributed by atoms with E-state index in [9.17, 15) is 19.8 Å². The van der Waals surface area contributed by atoms with Crippen LogP contribution in [0.5, 0.6) is 11.5 Å². The van der Waals surface area contributed by atoms with E-state index < -0.39 is 0 Å². The molecule has 0 atom stereocenters. The maximum absolute atomic E-state index is 13.8. The summed E-state index contributed by atoms with van der Waals surface area (Å²) >= 11 is 1.76. The molecule has 4 saturated heterocycles. The van der Waals surface area contributed by atoms with Crippen molar-refractivity contribution in [1.29, 1.82) is 0 Å². The molecule has 0 radical (unpaired) electrons. The molecule has 0 saturated carbocycles.